The number of rotatable bonds is 16. The van der Waals surface area contributed by atoms with Gasteiger partial charge in [-0.25, -0.2) is 23.0 Å². The lowest BCUT2D eigenvalue weighted by molar-refractivity contribution is -0.195. The van der Waals surface area contributed by atoms with Gasteiger partial charge < -0.3 is 59.0 Å². The van der Waals surface area contributed by atoms with Crippen molar-refractivity contribution >= 4 is 51.1 Å². The highest BCUT2D eigenvalue weighted by atomic mass is 32.2. The molecule has 4 atom stereocenters. The first-order valence-electron chi connectivity index (χ1n) is 21.3. The van der Waals surface area contributed by atoms with Gasteiger partial charge in [0.25, 0.3) is 12.0 Å². The van der Waals surface area contributed by atoms with E-state index < -0.39 is 46.4 Å². The number of aliphatic hydroxyl groups is 2. The molecule has 20 nitrogen and oxygen atoms in total. The fourth-order valence-corrected chi connectivity index (χ4v) is 7.81. The van der Waals surface area contributed by atoms with Gasteiger partial charge in [0.15, 0.2) is 12.2 Å². The third-order valence-electron chi connectivity index (χ3n) is 10.4. The number of ether oxygens (including phenoxy) is 5. The van der Waals surface area contributed by atoms with E-state index in [2.05, 4.69) is 10.6 Å². The fourth-order valence-electron chi connectivity index (χ4n) is 7.17. The van der Waals surface area contributed by atoms with Gasteiger partial charge in [-0.2, -0.15) is 0 Å². The summed E-state index contributed by atoms with van der Waals surface area (Å²) in [6.07, 6.45) is -1.29. The van der Waals surface area contributed by atoms with Gasteiger partial charge in [0.1, 0.15) is 47.6 Å². The zero-order chi connectivity index (χ0) is 48.7. The van der Waals surface area contributed by atoms with Crippen molar-refractivity contribution < 1.29 is 66.6 Å². The maximum Gasteiger partial charge on any atom is 0.340 e. The van der Waals surface area contributed by atoms with Crippen molar-refractivity contribution in [1.82, 2.24) is 19.8 Å². The van der Waals surface area contributed by atoms with Crippen LogP contribution in [0.3, 0.4) is 0 Å². The van der Waals surface area contributed by atoms with E-state index in [-0.39, 0.29) is 55.2 Å². The van der Waals surface area contributed by atoms with Gasteiger partial charge in [0.2, 0.25) is 6.29 Å². The number of nitrogens with zero attached hydrogens (tertiary/aromatic N) is 3. The maximum absolute atomic E-state index is 13.2. The summed E-state index contributed by atoms with van der Waals surface area (Å²) in [4.78, 5) is 62.3. The number of sulfone groups is 1. The highest BCUT2D eigenvalue weighted by Crippen LogP contribution is 2.39. The lowest BCUT2D eigenvalue weighted by Crippen LogP contribution is -2.42. The average Bonchev–Trinajstić information content (AvgIpc) is 3.67. The van der Waals surface area contributed by atoms with Crippen molar-refractivity contribution in [1.29, 1.82) is 0 Å². The molecule has 3 aliphatic heterocycles. The minimum atomic E-state index is -3.05. The molecule has 0 amide bonds. The number of pyridine rings is 2. The van der Waals surface area contributed by atoms with Gasteiger partial charge in [-0.05, 0) is 68.0 Å². The summed E-state index contributed by atoms with van der Waals surface area (Å²) < 4.78 is 51.0. The van der Waals surface area contributed by atoms with Crippen molar-refractivity contribution in [3.63, 3.8) is 0 Å². The number of hydrogen-bond acceptors (Lipinski definition) is 18. The molecule has 7 rings (SSSR count). The van der Waals surface area contributed by atoms with Crippen molar-refractivity contribution in [3.05, 3.63) is 80.6 Å². The molecular formula is C45H59N5O15S. The third kappa shape index (κ3) is 13.5. The number of carbonyl (C=O) groups excluding carboxylic acids is 3. The monoisotopic (exact) mass is 941 g/mol. The van der Waals surface area contributed by atoms with E-state index in [1.807, 2.05) is 32.9 Å². The predicted molar refractivity (Wildman–Crippen MR) is 243 cm³/mol. The molecule has 360 valence electrons. The highest BCUT2D eigenvalue weighted by Gasteiger charge is 2.36. The Hall–Kier alpha value is -5.97. The van der Waals surface area contributed by atoms with Gasteiger partial charge in [0, 0.05) is 49.2 Å². The number of aromatic nitrogens is 2. The summed E-state index contributed by atoms with van der Waals surface area (Å²) in [6, 6.07) is 12.4. The number of anilines is 1. The maximum atomic E-state index is 13.2. The average molecular weight is 942 g/mol. The van der Waals surface area contributed by atoms with Crippen molar-refractivity contribution in [2.75, 3.05) is 58.3 Å². The van der Waals surface area contributed by atoms with Crippen LogP contribution in [0.2, 0.25) is 0 Å². The lowest BCUT2D eigenvalue weighted by atomic mass is 9.97. The Labute approximate surface area is 382 Å². The van der Waals surface area contributed by atoms with E-state index in [1.54, 1.807) is 60.9 Å². The number of cyclic esters (lactones) is 1. The zero-order valence-corrected chi connectivity index (χ0v) is 38.9. The molecule has 2 aromatic heterocycles. The minimum absolute atomic E-state index is 0.0377. The molecule has 0 spiro atoms. The largest absolute Gasteiger partial charge is 0.479 e. The number of likely N-dealkylation sites (N-methyl/N-ethyl adjacent to an activating group) is 1. The number of fused-ring (bicyclic) bond motifs is 5. The van der Waals surface area contributed by atoms with E-state index in [9.17, 15) is 42.6 Å². The minimum Gasteiger partial charge on any atom is -0.479 e. The number of benzene rings is 2. The molecule has 2 aromatic carbocycles. The predicted octanol–water partition coefficient (Wildman–Crippen LogP) is 2.55. The van der Waals surface area contributed by atoms with Crippen LogP contribution >= 0.6 is 0 Å². The molecule has 5 heterocycles. The lowest BCUT2D eigenvalue weighted by Gasteiger charge is -2.31. The quantitative estimate of drug-likeness (QED) is 0.0540. The van der Waals surface area contributed by atoms with Gasteiger partial charge in [-0.3, -0.25) is 14.5 Å². The Morgan fingerprint density at radius 1 is 1.06 bits per heavy atom. The zero-order valence-electron chi connectivity index (χ0n) is 38.1. The molecule has 66 heavy (non-hydrogen) atoms. The Bertz CT molecular complexity index is 2520. The summed E-state index contributed by atoms with van der Waals surface area (Å²) >= 11 is 0. The molecule has 1 saturated heterocycles. The first-order chi connectivity index (χ1) is 31.5. The Balaban J connectivity index is 0.000000272. The van der Waals surface area contributed by atoms with Crippen LogP contribution in [0.5, 0.6) is 11.5 Å². The molecule has 5 N–H and O–H groups in total. The molecule has 1 fully saturated rings. The summed E-state index contributed by atoms with van der Waals surface area (Å²) in [5.41, 5.74) is 5.62. The van der Waals surface area contributed by atoms with Crippen LogP contribution in [-0.2, 0) is 69.4 Å². The van der Waals surface area contributed by atoms with E-state index in [0.29, 0.717) is 61.1 Å². The van der Waals surface area contributed by atoms with E-state index in [1.165, 1.54) is 6.26 Å². The SMILES string of the molecule is CC.CCc1c2c(nc3ccc(OCN(C)CCS(C)(=O)=O)cc13)-c1cc3c(c(=O)n1C2)COC(=O)C3O.CNCC=O.CNc1cc(COC=O)ccc1OC1CC(O)CC(C(=O)O)O1. The Morgan fingerprint density at radius 3 is 2.42 bits per heavy atom. The van der Waals surface area contributed by atoms with Crippen molar-refractivity contribution in [2.45, 2.75) is 84.4 Å². The van der Waals surface area contributed by atoms with E-state index >= 15 is 0 Å². The smallest absolute Gasteiger partial charge is 0.340 e. The second-order valence-corrected chi connectivity index (χ2v) is 17.4. The fraction of sp³-hybridized carbons (Fsp3) is 0.467. The van der Waals surface area contributed by atoms with Crippen LogP contribution in [0, 0.1) is 0 Å². The van der Waals surface area contributed by atoms with E-state index in [4.69, 9.17) is 33.8 Å². The van der Waals surface area contributed by atoms with Crippen LogP contribution in [-0.4, -0.2) is 134 Å². The summed E-state index contributed by atoms with van der Waals surface area (Å²) in [5, 5.41) is 35.6. The van der Waals surface area contributed by atoms with E-state index in [0.717, 1.165) is 33.9 Å². The van der Waals surface area contributed by atoms with Gasteiger partial charge >= 0.3 is 11.9 Å². The van der Waals surface area contributed by atoms with Crippen LogP contribution in [0.4, 0.5) is 5.69 Å². The van der Waals surface area contributed by atoms with Crippen LogP contribution in [0.15, 0.2) is 47.3 Å². The van der Waals surface area contributed by atoms with Crippen molar-refractivity contribution in [2.24, 2.45) is 0 Å². The third-order valence-corrected chi connectivity index (χ3v) is 11.3. The molecule has 4 unspecified atom stereocenters. The Kier molecular flexibility index (Phi) is 19.6. The molecule has 0 saturated carbocycles. The first kappa shape index (κ1) is 52.7. The number of aryl methyl sites for hydroxylation is 1. The topological polar surface area (TPSA) is 271 Å². The standard InChI is InChI=1S/C25H27N3O7S.C15H19NO7.C3H7NO.C2H6/c1-4-15-16-9-14(35-13-27(2)7-8-36(3,32)33)5-6-20(16)26-22-18(15)11-28-21(22)10-17-19(24(28)30)12-34-25(31)23(17)29;1-16-11-4-9(7-21-8-17)2-3-12(11)22-14-6-10(18)5-13(23-14)15(19)20;1-4-2-3-5;1-2/h5-6,9-10,23,29H,4,7-8,11-13H2,1-3H3;2-4,8,10,13-14,16,18H,5-7H2,1H3,(H,19,20);3-4H,2H2,1H3;1-2H3. The molecule has 3 aliphatic rings. The molecular weight excluding hydrogens is 883 g/mol. The number of esters is 1. The van der Waals surface area contributed by atoms with Crippen molar-refractivity contribution in [3.8, 4) is 22.9 Å². The molecule has 0 radical (unpaired) electrons. The molecule has 0 bridgehead atoms. The number of carboxylic acids is 1. The second kappa shape index (κ2) is 24.5. The number of aldehydes is 1. The molecule has 0 aliphatic carbocycles. The molecule has 4 aromatic rings. The number of aliphatic carboxylic acids is 1. The van der Waals surface area contributed by atoms with Gasteiger partial charge in [0.05, 0.1) is 53.1 Å². The summed E-state index contributed by atoms with van der Waals surface area (Å²) in [6.45, 7) is 7.78. The highest BCUT2D eigenvalue weighted by molar-refractivity contribution is 7.90. The number of aliphatic hydroxyl groups excluding tert-OH is 2. The summed E-state index contributed by atoms with van der Waals surface area (Å²) in [5.74, 6) is -0.758. The first-order valence-corrected chi connectivity index (χ1v) is 23.3. The second-order valence-electron chi connectivity index (χ2n) is 15.1. The van der Waals surface area contributed by atoms with Crippen LogP contribution < -0.4 is 25.7 Å². The van der Waals surface area contributed by atoms with Crippen LogP contribution in [0.1, 0.15) is 67.5 Å². The number of hydrogen-bond donors (Lipinski definition) is 5. The Morgan fingerprint density at radius 2 is 1.80 bits per heavy atom. The van der Waals surface area contributed by atoms with Gasteiger partial charge in [-0.15, -0.1) is 0 Å². The van der Waals surface area contributed by atoms with Gasteiger partial charge in [-0.1, -0.05) is 26.8 Å². The molecule has 21 heteroatoms. The number of carboxylic acid groups (broad SMARTS) is 1. The number of carbonyl (C=O) groups is 4. The number of nitrogens with one attached hydrogen (secondary N) is 2. The van der Waals surface area contributed by atoms with Crippen LogP contribution in [0.25, 0.3) is 22.3 Å². The summed E-state index contributed by atoms with van der Waals surface area (Å²) in [7, 11) is 2.17. The normalized spacial score (nSPS) is 18.0.